The Bertz CT molecular complexity index is 993. The molecule has 0 unspecified atom stereocenters. The van der Waals surface area contributed by atoms with E-state index in [1.807, 2.05) is 54.7 Å². The number of nitrogens with zero attached hydrogens (tertiary/aromatic N) is 1. The summed E-state index contributed by atoms with van der Waals surface area (Å²) >= 11 is 0. The number of anilines is 1. The number of nitrogens with one attached hydrogen (secondary N) is 2. The number of carbonyl (C=O) groups excluding carboxylic acids is 1. The van der Waals surface area contributed by atoms with Crippen LogP contribution in [0.15, 0.2) is 54.9 Å². The molecule has 1 aliphatic heterocycles. The van der Waals surface area contributed by atoms with Gasteiger partial charge >= 0.3 is 0 Å². The Kier molecular flexibility index (Phi) is 3.25. The van der Waals surface area contributed by atoms with Crippen molar-refractivity contribution in [3.05, 3.63) is 71.7 Å². The monoisotopic (exact) mass is 311 g/mol. The molecular weight excluding hydrogens is 298 g/mol. The van der Waals surface area contributed by atoms with Crippen LogP contribution in [-0.4, -0.2) is 15.9 Å². The van der Waals surface area contributed by atoms with Crippen molar-refractivity contribution in [3.63, 3.8) is 0 Å². The van der Waals surface area contributed by atoms with Gasteiger partial charge in [0.05, 0.1) is 17.0 Å². The number of rotatable bonds is 2. The molecule has 3 heterocycles. The van der Waals surface area contributed by atoms with E-state index in [0.29, 0.717) is 11.1 Å². The first-order valence-corrected chi connectivity index (χ1v) is 7.50. The van der Waals surface area contributed by atoms with Crippen molar-refractivity contribution in [2.75, 3.05) is 5.32 Å². The summed E-state index contributed by atoms with van der Waals surface area (Å²) in [7, 11) is 0. The highest BCUT2D eigenvalue weighted by Gasteiger charge is 2.28. The van der Waals surface area contributed by atoms with Crippen molar-refractivity contribution in [1.82, 2.24) is 9.97 Å². The van der Waals surface area contributed by atoms with E-state index in [4.69, 9.17) is 6.42 Å². The van der Waals surface area contributed by atoms with Gasteiger partial charge in [0.15, 0.2) is 0 Å². The van der Waals surface area contributed by atoms with Crippen molar-refractivity contribution in [3.8, 4) is 23.6 Å². The second-order valence-corrected chi connectivity index (χ2v) is 5.41. The number of carbonyl (C=O) groups is 1. The quantitative estimate of drug-likeness (QED) is 0.562. The highest BCUT2D eigenvalue weighted by Crippen LogP contribution is 2.39. The zero-order chi connectivity index (χ0) is 16.5. The van der Waals surface area contributed by atoms with Gasteiger partial charge in [0.2, 0.25) is 0 Å². The van der Waals surface area contributed by atoms with Crippen LogP contribution in [0.4, 0.5) is 5.69 Å². The Hall–Kier alpha value is -3.58. The molecule has 0 atom stereocenters. The van der Waals surface area contributed by atoms with Crippen LogP contribution in [0.1, 0.15) is 16.8 Å². The highest BCUT2D eigenvalue weighted by molar-refractivity contribution is 6.35. The summed E-state index contributed by atoms with van der Waals surface area (Å²) in [6.45, 7) is 0. The summed E-state index contributed by atoms with van der Waals surface area (Å²) < 4.78 is 0. The number of hydrogen-bond donors (Lipinski definition) is 2. The Morgan fingerprint density at radius 1 is 1.12 bits per heavy atom. The third kappa shape index (κ3) is 2.20. The minimum absolute atomic E-state index is 0.158. The van der Waals surface area contributed by atoms with Gasteiger partial charge in [0, 0.05) is 34.8 Å². The van der Waals surface area contributed by atoms with Crippen molar-refractivity contribution in [2.45, 2.75) is 0 Å². The Morgan fingerprint density at radius 3 is 2.75 bits per heavy atom. The molecule has 4 heteroatoms. The first-order chi connectivity index (χ1) is 11.8. The smallest absolute Gasteiger partial charge is 0.256 e. The number of aromatic nitrogens is 2. The van der Waals surface area contributed by atoms with Crippen LogP contribution in [0, 0.1) is 12.3 Å². The molecule has 1 aliphatic rings. The average Bonchev–Trinajstić information content (AvgIpc) is 3.23. The second kappa shape index (κ2) is 5.56. The number of terminal acetylenes is 1. The zero-order valence-corrected chi connectivity index (χ0v) is 12.7. The normalized spacial score (nSPS) is 14.3. The van der Waals surface area contributed by atoms with Gasteiger partial charge in [0.25, 0.3) is 5.91 Å². The molecule has 0 aliphatic carbocycles. The molecule has 4 nitrogen and oxygen atoms in total. The summed E-state index contributed by atoms with van der Waals surface area (Å²) in [5, 5.41) is 2.88. The number of fused-ring (bicyclic) bond motifs is 1. The van der Waals surface area contributed by atoms with Gasteiger partial charge in [-0.05, 0) is 42.5 Å². The van der Waals surface area contributed by atoms with Crippen LogP contribution < -0.4 is 5.32 Å². The Morgan fingerprint density at radius 2 is 2.04 bits per heavy atom. The van der Waals surface area contributed by atoms with Crippen LogP contribution in [0.25, 0.3) is 22.9 Å². The van der Waals surface area contributed by atoms with Crippen molar-refractivity contribution < 1.29 is 4.79 Å². The third-order valence-electron chi connectivity index (χ3n) is 3.97. The van der Waals surface area contributed by atoms with Gasteiger partial charge in [-0.1, -0.05) is 12.0 Å². The van der Waals surface area contributed by atoms with Crippen LogP contribution in [-0.2, 0) is 4.79 Å². The molecule has 0 saturated heterocycles. The van der Waals surface area contributed by atoms with E-state index in [1.54, 1.807) is 6.20 Å². The second-order valence-electron chi connectivity index (χ2n) is 5.41. The summed E-state index contributed by atoms with van der Waals surface area (Å²) in [6, 6.07) is 13.2. The Labute approximate surface area is 139 Å². The summed E-state index contributed by atoms with van der Waals surface area (Å²) in [4.78, 5) is 19.9. The van der Waals surface area contributed by atoms with Crippen molar-refractivity contribution in [2.24, 2.45) is 0 Å². The molecule has 4 rings (SSSR count). The van der Waals surface area contributed by atoms with E-state index in [1.165, 1.54) is 0 Å². The van der Waals surface area contributed by atoms with Gasteiger partial charge in [-0.25, -0.2) is 0 Å². The topological polar surface area (TPSA) is 57.8 Å². The molecule has 3 aromatic rings. The molecule has 2 aromatic heterocycles. The van der Waals surface area contributed by atoms with Gasteiger partial charge in [0.1, 0.15) is 0 Å². The number of amides is 1. The van der Waals surface area contributed by atoms with Crippen LogP contribution in [0.5, 0.6) is 0 Å². The number of hydrogen-bond acceptors (Lipinski definition) is 2. The number of aromatic amines is 1. The first kappa shape index (κ1) is 14.0. The van der Waals surface area contributed by atoms with Gasteiger partial charge in [-0.2, -0.15) is 0 Å². The molecular formula is C20H13N3O. The molecule has 0 bridgehead atoms. The fourth-order valence-corrected chi connectivity index (χ4v) is 2.90. The van der Waals surface area contributed by atoms with E-state index >= 15 is 0 Å². The van der Waals surface area contributed by atoms with E-state index < -0.39 is 0 Å². The predicted molar refractivity (Wildman–Crippen MR) is 94.9 cm³/mol. The van der Waals surface area contributed by atoms with Crippen LogP contribution in [0.3, 0.4) is 0 Å². The number of benzene rings is 1. The number of H-pyrrole nitrogens is 1. The molecule has 1 amide bonds. The van der Waals surface area contributed by atoms with Gasteiger partial charge in [-0.15, -0.1) is 6.42 Å². The molecule has 114 valence electrons. The standard InChI is InChI=1S/C20H13N3O/c1-2-14-15(17-7-3-4-10-22-17)8-9-18-19(14)16(20(24)23-18)12-13-6-5-11-21-13/h1,3-12,21H,(H,23,24). The SMILES string of the molecule is C#Cc1c(-c2ccccn2)ccc2c1C(=Cc1ccc[nH]1)C(=O)N2. The number of pyridine rings is 1. The average molecular weight is 311 g/mol. The van der Waals surface area contributed by atoms with Crippen LogP contribution in [0.2, 0.25) is 0 Å². The lowest BCUT2D eigenvalue weighted by molar-refractivity contribution is -0.110. The molecule has 1 aromatic carbocycles. The highest BCUT2D eigenvalue weighted by atomic mass is 16.2. The fraction of sp³-hybridized carbons (Fsp3) is 0. The van der Waals surface area contributed by atoms with E-state index in [-0.39, 0.29) is 5.91 Å². The lowest BCUT2D eigenvalue weighted by Gasteiger charge is -2.09. The maximum atomic E-state index is 12.4. The predicted octanol–water partition coefficient (Wildman–Crippen LogP) is 3.55. The molecule has 24 heavy (non-hydrogen) atoms. The maximum absolute atomic E-state index is 12.4. The van der Waals surface area contributed by atoms with Crippen molar-refractivity contribution >= 4 is 23.2 Å². The summed E-state index contributed by atoms with van der Waals surface area (Å²) in [6.07, 6.45) is 11.1. The maximum Gasteiger partial charge on any atom is 0.256 e. The lowest BCUT2D eigenvalue weighted by Crippen LogP contribution is -2.03. The van der Waals surface area contributed by atoms with Crippen LogP contribution >= 0.6 is 0 Å². The van der Waals surface area contributed by atoms with Crippen molar-refractivity contribution in [1.29, 1.82) is 0 Å². The minimum Gasteiger partial charge on any atom is -0.362 e. The van der Waals surface area contributed by atoms with Gasteiger partial charge < -0.3 is 10.3 Å². The van der Waals surface area contributed by atoms with Gasteiger partial charge in [-0.3, -0.25) is 9.78 Å². The largest absolute Gasteiger partial charge is 0.362 e. The molecule has 0 saturated carbocycles. The van der Waals surface area contributed by atoms with E-state index in [9.17, 15) is 4.79 Å². The zero-order valence-electron chi connectivity index (χ0n) is 12.7. The lowest BCUT2D eigenvalue weighted by atomic mass is 9.94. The summed E-state index contributed by atoms with van der Waals surface area (Å²) in [5.74, 6) is 2.58. The fourth-order valence-electron chi connectivity index (χ4n) is 2.90. The molecule has 0 radical (unpaired) electrons. The Balaban J connectivity index is 1.95. The molecule has 0 spiro atoms. The van der Waals surface area contributed by atoms with E-state index in [0.717, 1.165) is 28.2 Å². The molecule has 2 N–H and O–H groups in total. The summed E-state index contributed by atoms with van der Waals surface area (Å²) in [5.41, 5.74) is 5.17. The first-order valence-electron chi connectivity index (χ1n) is 7.50. The minimum atomic E-state index is -0.158. The third-order valence-corrected chi connectivity index (χ3v) is 3.97. The van der Waals surface area contributed by atoms with E-state index in [2.05, 4.69) is 21.2 Å². The molecule has 0 fully saturated rings.